The van der Waals surface area contributed by atoms with Gasteiger partial charge in [0.15, 0.2) is 0 Å². The Hall–Kier alpha value is -0.300. The second kappa shape index (κ2) is 1.40. The molecule has 2 rings (SSSR count). The molecule has 0 radical (unpaired) electrons. The SMILES string of the molecule is CC1(C)C2C=CC1NC2. The Balaban J connectivity index is 2.35. The lowest BCUT2D eigenvalue weighted by Gasteiger charge is -2.22. The van der Waals surface area contributed by atoms with Crippen molar-refractivity contribution < 1.29 is 0 Å². The van der Waals surface area contributed by atoms with Gasteiger partial charge >= 0.3 is 0 Å². The highest BCUT2D eigenvalue weighted by molar-refractivity contribution is 5.20. The van der Waals surface area contributed by atoms with Crippen molar-refractivity contribution >= 4 is 0 Å². The fourth-order valence-electron chi connectivity index (χ4n) is 1.89. The van der Waals surface area contributed by atoms with E-state index >= 15 is 0 Å². The molecule has 0 aromatic heterocycles. The third-order valence-corrected chi connectivity index (χ3v) is 2.85. The standard InChI is InChI=1S/C8H13N/c1-8(2)6-3-4-7(8)9-5-6/h3-4,6-7,9H,5H2,1-2H3. The van der Waals surface area contributed by atoms with Gasteiger partial charge in [-0.25, -0.2) is 0 Å². The lowest BCUT2D eigenvalue weighted by molar-refractivity contribution is 0.323. The van der Waals surface area contributed by atoms with E-state index in [1.807, 2.05) is 0 Å². The zero-order chi connectivity index (χ0) is 6.48. The molecule has 2 aliphatic rings. The third-order valence-electron chi connectivity index (χ3n) is 2.85. The molecule has 1 fully saturated rings. The average Bonchev–Trinajstić information content (AvgIpc) is 2.24. The first-order valence-corrected chi connectivity index (χ1v) is 3.63. The zero-order valence-corrected chi connectivity index (χ0v) is 6.02. The molecule has 1 nitrogen and oxygen atoms in total. The van der Waals surface area contributed by atoms with Gasteiger partial charge in [0, 0.05) is 12.6 Å². The molecule has 1 N–H and O–H groups in total. The predicted octanol–water partition coefficient (Wildman–Crippen LogP) is 1.17. The van der Waals surface area contributed by atoms with Gasteiger partial charge in [-0.1, -0.05) is 26.0 Å². The Morgan fingerprint density at radius 1 is 1.44 bits per heavy atom. The van der Waals surface area contributed by atoms with E-state index in [9.17, 15) is 0 Å². The number of hydrogen-bond donors (Lipinski definition) is 1. The van der Waals surface area contributed by atoms with E-state index in [-0.39, 0.29) is 0 Å². The first-order chi connectivity index (χ1) is 4.21. The van der Waals surface area contributed by atoms with Crippen LogP contribution in [-0.2, 0) is 0 Å². The second-order valence-electron chi connectivity index (χ2n) is 3.70. The molecule has 0 amide bonds. The van der Waals surface area contributed by atoms with Crippen molar-refractivity contribution in [1.29, 1.82) is 0 Å². The molecule has 1 aliphatic heterocycles. The van der Waals surface area contributed by atoms with Gasteiger partial charge in [0.05, 0.1) is 0 Å². The van der Waals surface area contributed by atoms with Gasteiger partial charge < -0.3 is 5.32 Å². The summed E-state index contributed by atoms with van der Waals surface area (Å²) in [7, 11) is 0. The molecule has 1 heterocycles. The van der Waals surface area contributed by atoms with Gasteiger partial charge in [-0.2, -0.15) is 0 Å². The Morgan fingerprint density at radius 2 is 2.22 bits per heavy atom. The molecule has 2 bridgehead atoms. The monoisotopic (exact) mass is 123 g/mol. The van der Waals surface area contributed by atoms with Gasteiger partial charge in [0.2, 0.25) is 0 Å². The summed E-state index contributed by atoms with van der Waals surface area (Å²) in [6, 6.07) is 0.655. The fourth-order valence-corrected chi connectivity index (χ4v) is 1.89. The molecular formula is C8H13N. The highest BCUT2D eigenvalue weighted by Crippen LogP contribution is 2.41. The maximum Gasteiger partial charge on any atom is 0.0307 e. The molecule has 2 atom stereocenters. The van der Waals surface area contributed by atoms with E-state index < -0.39 is 0 Å². The summed E-state index contributed by atoms with van der Waals surface area (Å²) in [4.78, 5) is 0. The van der Waals surface area contributed by atoms with Gasteiger partial charge in [0.1, 0.15) is 0 Å². The zero-order valence-electron chi connectivity index (χ0n) is 6.02. The summed E-state index contributed by atoms with van der Waals surface area (Å²) >= 11 is 0. The molecule has 1 heteroatoms. The summed E-state index contributed by atoms with van der Waals surface area (Å²) in [6.07, 6.45) is 4.65. The lowest BCUT2D eigenvalue weighted by Crippen LogP contribution is -2.28. The van der Waals surface area contributed by atoms with Crippen molar-refractivity contribution in [2.24, 2.45) is 11.3 Å². The van der Waals surface area contributed by atoms with E-state index in [0.29, 0.717) is 11.5 Å². The van der Waals surface area contributed by atoms with Crippen LogP contribution in [0.3, 0.4) is 0 Å². The van der Waals surface area contributed by atoms with Crippen LogP contribution in [0.4, 0.5) is 0 Å². The summed E-state index contributed by atoms with van der Waals surface area (Å²) in [5.41, 5.74) is 0.500. The number of nitrogens with one attached hydrogen (secondary N) is 1. The molecular weight excluding hydrogens is 110 g/mol. The molecule has 1 aliphatic carbocycles. The molecule has 1 saturated heterocycles. The van der Waals surface area contributed by atoms with Crippen LogP contribution in [-0.4, -0.2) is 12.6 Å². The maximum atomic E-state index is 3.46. The van der Waals surface area contributed by atoms with Gasteiger partial charge in [-0.05, 0) is 11.3 Å². The largest absolute Gasteiger partial charge is 0.309 e. The minimum absolute atomic E-state index is 0.500. The van der Waals surface area contributed by atoms with Crippen LogP contribution < -0.4 is 5.32 Å². The van der Waals surface area contributed by atoms with Crippen LogP contribution in [0.5, 0.6) is 0 Å². The lowest BCUT2D eigenvalue weighted by atomic mass is 9.82. The molecule has 0 aromatic rings. The Labute approximate surface area is 56.1 Å². The smallest absolute Gasteiger partial charge is 0.0307 e. The maximum absolute atomic E-state index is 3.46. The quantitative estimate of drug-likeness (QED) is 0.477. The predicted molar refractivity (Wildman–Crippen MR) is 38.2 cm³/mol. The van der Waals surface area contributed by atoms with Crippen molar-refractivity contribution in [3.8, 4) is 0 Å². The van der Waals surface area contributed by atoms with Crippen LogP contribution in [0.2, 0.25) is 0 Å². The van der Waals surface area contributed by atoms with Crippen LogP contribution in [0.1, 0.15) is 13.8 Å². The van der Waals surface area contributed by atoms with Crippen LogP contribution in [0, 0.1) is 11.3 Å². The van der Waals surface area contributed by atoms with Crippen molar-refractivity contribution in [1.82, 2.24) is 5.32 Å². The second-order valence-corrected chi connectivity index (χ2v) is 3.70. The minimum atomic E-state index is 0.500. The summed E-state index contributed by atoms with van der Waals surface area (Å²) in [5.74, 6) is 0.794. The van der Waals surface area contributed by atoms with Crippen molar-refractivity contribution in [2.45, 2.75) is 19.9 Å². The highest BCUT2D eigenvalue weighted by Gasteiger charge is 2.43. The van der Waals surface area contributed by atoms with Gasteiger partial charge in [-0.15, -0.1) is 0 Å². The Kier molecular flexibility index (Phi) is 0.854. The topological polar surface area (TPSA) is 12.0 Å². The summed E-state index contributed by atoms with van der Waals surface area (Å²) < 4.78 is 0. The minimum Gasteiger partial charge on any atom is -0.309 e. The highest BCUT2D eigenvalue weighted by atomic mass is 15.0. The van der Waals surface area contributed by atoms with Gasteiger partial charge in [0.25, 0.3) is 0 Å². The summed E-state index contributed by atoms with van der Waals surface area (Å²) in [5, 5.41) is 3.46. The van der Waals surface area contributed by atoms with Crippen LogP contribution in [0.15, 0.2) is 12.2 Å². The fraction of sp³-hybridized carbons (Fsp3) is 0.750. The van der Waals surface area contributed by atoms with Crippen LogP contribution in [0.25, 0.3) is 0 Å². The van der Waals surface area contributed by atoms with Crippen molar-refractivity contribution in [3.63, 3.8) is 0 Å². The molecule has 0 aromatic carbocycles. The molecule has 0 spiro atoms. The Bertz CT molecular complexity index is 142. The van der Waals surface area contributed by atoms with E-state index in [2.05, 4.69) is 31.3 Å². The third kappa shape index (κ3) is 0.531. The van der Waals surface area contributed by atoms with Crippen LogP contribution >= 0.6 is 0 Å². The number of rotatable bonds is 0. The molecule has 0 saturated carbocycles. The average molecular weight is 123 g/mol. The summed E-state index contributed by atoms with van der Waals surface area (Å²) in [6.45, 7) is 5.86. The van der Waals surface area contributed by atoms with E-state index in [0.717, 1.165) is 5.92 Å². The van der Waals surface area contributed by atoms with E-state index in [1.165, 1.54) is 6.54 Å². The number of hydrogen-bond acceptors (Lipinski definition) is 1. The van der Waals surface area contributed by atoms with E-state index in [1.54, 1.807) is 0 Å². The molecule has 2 unspecified atom stereocenters. The van der Waals surface area contributed by atoms with Gasteiger partial charge in [-0.3, -0.25) is 0 Å². The molecule has 9 heavy (non-hydrogen) atoms. The number of fused-ring (bicyclic) bond motifs is 2. The molecule has 50 valence electrons. The van der Waals surface area contributed by atoms with Crippen molar-refractivity contribution in [3.05, 3.63) is 12.2 Å². The Morgan fingerprint density at radius 3 is 2.33 bits per heavy atom. The first kappa shape index (κ1) is 5.48. The normalized spacial score (nSPS) is 44.2. The first-order valence-electron chi connectivity index (χ1n) is 3.63. The van der Waals surface area contributed by atoms with Crippen molar-refractivity contribution in [2.75, 3.05) is 6.54 Å². The van der Waals surface area contributed by atoms with E-state index in [4.69, 9.17) is 0 Å².